The van der Waals surface area contributed by atoms with Gasteiger partial charge in [0.15, 0.2) is 11.0 Å². The van der Waals surface area contributed by atoms with Crippen LogP contribution in [0.3, 0.4) is 0 Å². The van der Waals surface area contributed by atoms with Crippen molar-refractivity contribution in [3.63, 3.8) is 0 Å². The van der Waals surface area contributed by atoms with Gasteiger partial charge >= 0.3 is 0 Å². The van der Waals surface area contributed by atoms with Gasteiger partial charge in [-0.3, -0.25) is 0 Å². The first kappa shape index (κ1) is 21.0. The lowest BCUT2D eigenvalue weighted by molar-refractivity contribution is -0.633. The van der Waals surface area contributed by atoms with E-state index in [0.717, 1.165) is 45.2 Å². The van der Waals surface area contributed by atoms with E-state index >= 15 is 0 Å². The van der Waals surface area contributed by atoms with Crippen LogP contribution in [0.5, 0.6) is 0 Å². The highest BCUT2D eigenvalue weighted by Crippen LogP contribution is 2.33. The van der Waals surface area contributed by atoms with E-state index in [-0.39, 0.29) is 0 Å². The minimum absolute atomic E-state index is 0.811. The van der Waals surface area contributed by atoms with E-state index in [9.17, 15) is 0 Å². The number of hydrogen-bond acceptors (Lipinski definition) is 2. The summed E-state index contributed by atoms with van der Waals surface area (Å²) < 4.78 is 4.50. The Kier molecular flexibility index (Phi) is 5.19. The monoisotopic (exact) mass is 453 g/mol. The molecule has 0 fully saturated rings. The van der Waals surface area contributed by atoms with Crippen molar-refractivity contribution in [2.75, 3.05) is 0 Å². The number of benzene rings is 4. The Morgan fingerprint density at radius 3 is 2.06 bits per heavy atom. The molecule has 4 heteroatoms. The van der Waals surface area contributed by atoms with Crippen molar-refractivity contribution < 1.29 is 4.57 Å². The molecule has 6 aromatic rings. The van der Waals surface area contributed by atoms with Crippen molar-refractivity contribution in [2.45, 2.75) is 6.92 Å². The fraction of sp³-hybridized carbons (Fsp3) is 0.0645. The van der Waals surface area contributed by atoms with E-state index in [4.69, 9.17) is 9.97 Å². The van der Waals surface area contributed by atoms with Gasteiger partial charge in [-0.1, -0.05) is 91.0 Å². The van der Waals surface area contributed by atoms with Gasteiger partial charge in [0, 0.05) is 11.1 Å². The summed E-state index contributed by atoms with van der Waals surface area (Å²) in [6.07, 6.45) is 1.88. The Bertz CT molecular complexity index is 1650. The van der Waals surface area contributed by atoms with Crippen LogP contribution in [0.15, 0.2) is 115 Å². The molecule has 168 valence electrons. The molecule has 0 atom stereocenters. The summed E-state index contributed by atoms with van der Waals surface area (Å²) in [6, 6.07) is 37.5. The molecule has 0 saturated heterocycles. The van der Waals surface area contributed by atoms with E-state index in [2.05, 4.69) is 95.9 Å². The number of imidazole rings is 1. The molecule has 2 heterocycles. The van der Waals surface area contributed by atoms with Gasteiger partial charge < -0.3 is 0 Å². The molecule has 0 N–H and O–H groups in total. The Morgan fingerprint density at radius 1 is 0.686 bits per heavy atom. The Labute approximate surface area is 204 Å². The highest BCUT2D eigenvalue weighted by atomic mass is 15.2. The molecule has 0 spiro atoms. The van der Waals surface area contributed by atoms with Crippen molar-refractivity contribution >= 4 is 11.0 Å². The molecular formula is C31H25N4+. The van der Waals surface area contributed by atoms with Crippen LogP contribution in [-0.4, -0.2) is 14.5 Å². The van der Waals surface area contributed by atoms with Crippen LogP contribution in [0.1, 0.15) is 5.56 Å². The quantitative estimate of drug-likeness (QED) is 0.284. The van der Waals surface area contributed by atoms with E-state index < -0.39 is 0 Å². The molecule has 6 rings (SSSR count). The highest BCUT2D eigenvalue weighted by Gasteiger charge is 2.30. The lowest BCUT2D eigenvalue weighted by Gasteiger charge is -2.11. The number of para-hydroxylation sites is 2. The largest absolute Gasteiger partial charge is 0.296 e. The third kappa shape index (κ3) is 3.60. The molecule has 4 nitrogen and oxygen atoms in total. The average molecular weight is 454 g/mol. The van der Waals surface area contributed by atoms with Gasteiger partial charge in [0.05, 0.1) is 24.5 Å². The van der Waals surface area contributed by atoms with Gasteiger partial charge in [-0.25, -0.2) is 14.5 Å². The molecule has 0 aliphatic rings. The predicted molar refractivity (Wildman–Crippen MR) is 141 cm³/mol. The second kappa shape index (κ2) is 8.65. The molecule has 0 saturated carbocycles. The summed E-state index contributed by atoms with van der Waals surface area (Å²) in [4.78, 5) is 10.2. The molecule has 4 aromatic carbocycles. The van der Waals surface area contributed by atoms with Crippen LogP contribution in [0.4, 0.5) is 0 Å². The lowest BCUT2D eigenvalue weighted by Crippen LogP contribution is -2.30. The SMILES string of the molecule is Cc1ccccc1-c1n(-c2ncc(-c3ccccc3)nc2-c2ccccc2)c2ccccc2[n+]1C. The highest BCUT2D eigenvalue weighted by molar-refractivity contribution is 5.82. The van der Waals surface area contributed by atoms with Crippen LogP contribution >= 0.6 is 0 Å². The summed E-state index contributed by atoms with van der Waals surface area (Å²) in [5.41, 5.74) is 8.39. The topological polar surface area (TPSA) is 34.6 Å². The number of aromatic nitrogens is 4. The number of rotatable bonds is 4. The normalized spacial score (nSPS) is 11.1. The second-order valence-corrected chi connectivity index (χ2v) is 8.68. The third-order valence-electron chi connectivity index (χ3n) is 6.48. The zero-order valence-corrected chi connectivity index (χ0v) is 19.8. The standard InChI is InChI=1S/C31H25N4/c1-22-13-9-10-18-25(22)31-34(2)27-19-11-12-20-28(27)35(31)30-29(24-16-7-4-8-17-24)33-26(21-32-30)23-14-5-3-6-15-23/h3-21H,1-2H3/q+1. The number of aryl methyl sites for hydroxylation is 2. The summed E-state index contributed by atoms with van der Waals surface area (Å²) in [5, 5.41) is 0. The average Bonchev–Trinajstić information content (AvgIpc) is 3.21. The van der Waals surface area contributed by atoms with Gasteiger partial charge in [0.1, 0.15) is 5.69 Å². The van der Waals surface area contributed by atoms with Crippen molar-refractivity contribution in [1.82, 2.24) is 14.5 Å². The predicted octanol–water partition coefficient (Wildman–Crippen LogP) is 6.55. The number of fused-ring (bicyclic) bond motifs is 1. The van der Waals surface area contributed by atoms with Gasteiger partial charge in [-0.2, -0.15) is 4.57 Å². The molecule has 0 amide bonds. The van der Waals surface area contributed by atoms with Gasteiger partial charge in [0.25, 0.3) is 11.6 Å². The smallest absolute Gasteiger partial charge is 0.240 e. The fourth-order valence-corrected chi connectivity index (χ4v) is 4.74. The van der Waals surface area contributed by atoms with Crippen molar-refractivity contribution in [2.24, 2.45) is 7.05 Å². The summed E-state index contributed by atoms with van der Waals surface area (Å²) in [5.74, 6) is 1.88. The van der Waals surface area contributed by atoms with Gasteiger partial charge in [-0.15, -0.1) is 0 Å². The van der Waals surface area contributed by atoms with Crippen molar-refractivity contribution in [3.05, 3.63) is 121 Å². The molecular weight excluding hydrogens is 428 g/mol. The Hall–Kier alpha value is -4.57. The first-order valence-electron chi connectivity index (χ1n) is 11.8. The molecule has 0 unspecified atom stereocenters. The maximum atomic E-state index is 5.17. The van der Waals surface area contributed by atoms with E-state index in [1.807, 2.05) is 42.6 Å². The second-order valence-electron chi connectivity index (χ2n) is 8.68. The van der Waals surface area contributed by atoms with Crippen LogP contribution in [0, 0.1) is 6.92 Å². The van der Waals surface area contributed by atoms with Crippen molar-refractivity contribution in [3.8, 4) is 39.7 Å². The first-order valence-corrected chi connectivity index (χ1v) is 11.8. The molecule has 0 aliphatic heterocycles. The summed E-state index contributed by atoms with van der Waals surface area (Å²) in [6.45, 7) is 2.15. The molecule has 0 aliphatic carbocycles. The Morgan fingerprint density at radius 2 is 1.31 bits per heavy atom. The van der Waals surface area contributed by atoms with Crippen LogP contribution < -0.4 is 4.57 Å². The minimum Gasteiger partial charge on any atom is -0.240 e. The fourth-order valence-electron chi connectivity index (χ4n) is 4.74. The zero-order valence-electron chi connectivity index (χ0n) is 19.8. The van der Waals surface area contributed by atoms with Crippen LogP contribution in [-0.2, 0) is 7.05 Å². The van der Waals surface area contributed by atoms with E-state index in [1.165, 1.54) is 11.1 Å². The molecule has 0 bridgehead atoms. The summed E-state index contributed by atoms with van der Waals surface area (Å²) in [7, 11) is 2.12. The zero-order chi connectivity index (χ0) is 23.8. The van der Waals surface area contributed by atoms with Crippen LogP contribution in [0.2, 0.25) is 0 Å². The van der Waals surface area contributed by atoms with Gasteiger partial charge in [-0.05, 0) is 30.7 Å². The molecule has 2 aromatic heterocycles. The number of hydrogen-bond donors (Lipinski definition) is 0. The molecule has 0 radical (unpaired) electrons. The van der Waals surface area contributed by atoms with E-state index in [0.29, 0.717) is 0 Å². The maximum Gasteiger partial charge on any atom is 0.296 e. The Balaban J connectivity index is 1.71. The van der Waals surface area contributed by atoms with Crippen molar-refractivity contribution in [1.29, 1.82) is 0 Å². The third-order valence-corrected chi connectivity index (χ3v) is 6.48. The number of nitrogens with zero attached hydrogens (tertiary/aromatic N) is 4. The first-order chi connectivity index (χ1) is 17.2. The minimum atomic E-state index is 0.811. The summed E-state index contributed by atoms with van der Waals surface area (Å²) >= 11 is 0. The maximum absolute atomic E-state index is 5.17. The van der Waals surface area contributed by atoms with Crippen LogP contribution in [0.25, 0.3) is 50.8 Å². The van der Waals surface area contributed by atoms with E-state index in [1.54, 1.807) is 0 Å². The molecule has 35 heavy (non-hydrogen) atoms. The van der Waals surface area contributed by atoms with Gasteiger partial charge in [0.2, 0.25) is 0 Å². The lowest BCUT2D eigenvalue weighted by atomic mass is 10.1.